The molecule has 43 heavy (non-hydrogen) atoms. The van der Waals surface area contributed by atoms with Crippen molar-refractivity contribution in [1.29, 1.82) is 0 Å². The largest absolute Gasteiger partial charge is 0.384 e. The number of H-pyrrole nitrogens is 2. The molecule has 0 aliphatic carbocycles. The topological polar surface area (TPSA) is 88.8 Å². The number of pyridine rings is 2. The summed E-state index contributed by atoms with van der Waals surface area (Å²) in [6, 6.07) is 17.6. The first-order valence-electron chi connectivity index (χ1n) is 14.8. The molecule has 0 spiro atoms. The SMILES string of the molecule is CN(C)CCNc1cc(F)cc(-c2nccc3[nH]c(-c4n[nH]c5ccc(-c6cncc(CN7CCCC7)c6)cc45)cc23)c1. The molecule has 0 unspecified atom stereocenters. The molecule has 9 heteroatoms. The number of fused-ring (bicyclic) bond motifs is 2. The van der Waals surface area contributed by atoms with Gasteiger partial charge >= 0.3 is 0 Å². The van der Waals surface area contributed by atoms with E-state index >= 15 is 0 Å². The third-order valence-corrected chi connectivity index (χ3v) is 8.16. The quantitative estimate of drug-likeness (QED) is 0.182. The molecule has 3 N–H and O–H groups in total. The Morgan fingerprint density at radius 1 is 0.884 bits per heavy atom. The van der Waals surface area contributed by atoms with Crippen molar-refractivity contribution in [3.63, 3.8) is 0 Å². The first-order chi connectivity index (χ1) is 21.0. The predicted octanol–water partition coefficient (Wildman–Crippen LogP) is 6.54. The predicted molar refractivity (Wildman–Crippen MR) is 171 cm³/mol. The van der Waals surface area contributed by atoms with E-state index in [1.54, 1.807) is 6.20 Å². The van der Waals surface area contributed by atoms with E-state index in [2.05, 4.69) is 70.6 Å². The van der Waals surface area contributed by atoms with Gasteiger partial charge in [0, 0.05) is 71.3 Å². The van der Waals surface area contributed by atoms with Crippen LogP contribution in [0.2, 0.25) is 0 Å². The summed E-state index contributed by atoms with van der Waals surface area (Å²) in [4.78, 5) is 17.3. The van der Waals surface area contributed by atoms with Gasteiger partial charge < -0.3 is 15.2 Å². The van der Waals surface area contributed by atoms with Gasteiger partial charge in [-0.1, -0.05) is 6.07 Å². The molecule has 0 atom stereocenters. The van der Waals surface area contributed by atoms with Gasteiger partial charge in [-0.25, -0.2) is 4.39 Å². The van der Waals surface area contributed by atoms with Crippen LogP contribution >= 0.6 is 0 Å². The lowest BCUT2D eigenvalue weighted by atomic mass is 10.0. The van der Waals surface area contributed by atoms with Crippen molar-refractivity contribution in [2.75, 3.05) is 45.6 Å². The summed E-state index contributed by atoms with van der Waals surface area (Å²) >= 11 is 0. The van der Waals surface area contributed by atoms with E-state index in [-0.39, 0.29) is 5.82 Å². The highest BCUT2D eigenvalue weighted by molar-refractivity contribution is 6.01. The number of aromatic nitrogens is 5. The van der Waals surface area contributed by atoms with Gasteiger partial charge in [-0.2, -0.15) is 5.10 Å². The van der Waals surface area contributed by atoms with Crippen LogP contribution in [0.4, 0.5) is 10.1 Å². The Labute approximate surface area is 250 Å². The highest BCUT2D eigenvalue weighted by Gasteiger charge is 2.17. The minimum Gasteiger partial charge on any atom is -0.384 e. The normalized spacial score (nSPS) is 14.0. The molecule has 7 rings (SSSR count). The van der Waals surface area contributed by atoms with Crippen LogP contribution in [0.25, 0.3) is 55.6 Å². The number of nitrogens with zero attached hydrogens (tertiary/aromatic N) is 5. The fraction of sp³-hybridized carbons (Fsp3) is 0.265. The minimum absolute atomic E-state index is 0.302. The first-order valence-corrected chi connectivity index (χ1v) is 14.8. The van der Waals surface area contributed by atoms with E-state index in [0.29, 0.717) is 0 Å². The number of likely N-dealkylation sites (N-methyl/N-ethyl adjacent to an activating group) is 1. The molecule has 218 valence electrons. The van der Waals surface area contributed by atoms with E-state index < -0.39 is 0 Å². The third kappa shape index (κ3) is 5.74. The standard InChI is InChI=1S/C34H35FN8/c1-42(2)12-9-37-27-15-24(14-26(35)17-27)33-29-18-32(39-30(29)7-8-38-33)34-28-16-23(5-6-31(28)40-41-34)25-13-22(19-36-20-25)21-43-10-3-4-11-43/h5-8,13-20,37,39H,3-4,9-12,21H2,1-2H3,(H,40,41). The van der Waals surface area contributed by atoms with Crippen LogP contribution < -0.4 is 5.32 Å². The van der Waals surface area contributed by atoms with Gasteiger partial charge in [-0.05, 0) is 99.7 Å². The summed E-state index contributed by atoms with van der Waals surface area (Å²) in [6.45, 7) is 4.81. The molecule has 1 aliphatic heterocycles. The van der Waals surface area contributed by atoms with Crippen molar-refractivity contribution in [3.05, 3.63) is 84.6 Å². The molecule has 2 aromatic carbocycles. The molecule has 8 nitrogen and oxygen atoms in total. The maximum absolute atomic E-state index is 14.7. The van der Waals surface area contributed by atoms with E-state index in [1.165, 1.54) is 30.5 Å². The van der Waals surface area contributed by atoms with Crippen LogP contribution in [0.15, 0.2) is 73.2 Å². The van der Waals surface area contributed by atoms with Gasteiger partial charge in [0.1, 0.15) is 11.5 Å². The second-order valence-corrected chi connectivity index (χ2v) is 11.7. The molecular weight excluding hydrogens is 539 g/mol. The molecule has 1 fully saturated rings. The molecule has 1 saturated heterocycles. The number of nitrogens with one attached hydrogen (secondary N) is 3. The second kappa shape index (κ2) is 11.6. The summed E-state index contributed by atoms with van der Waals surface area (Å²) in [7, 11) is 4.03. The van der Waals surface area contributed by atoms with Crippen molar-refractivity contribution in [2.24, 2.45) is 0 Å². The average Bonchev–Trinajstić information content (AvgIpc) is 3.76. The van der Waals surface area contributed by atoms with Crippen LogP contribution in [0.3, 0.4) is 0 Å². The summed E-state index contributed by atoms with van der Waals surface area (Å²) in [5.41, 5.74) is 9.16. The monoisotopic (exact) mass is 574 g/mol. The molecule has 0 saturated carbocycles. The zero-order valence-electron chi connectivity index (χ0n) is 24.5. The van der Waals surface area contributed by atoms with Crippen molar-refractivity contribution in [2.45, 2.75) is 19.4 Å². The smallest absolute Gasteiger partial charge is 0.125 e. The second-order valence-electron chi connectivity index (χ2n) is 11.7. The fourth-order valence-electron chi connectivity index (χ4n) is 5.99. The summed E-state index contributed by atoms with van der Waals surface area (Å²) in [5, 5.41) is 13.1. The third-order valence-electron chi connectivity index (χ3n) is 8.16. The van der Waals surface area contributed by atoms with Crippen LogP contribution in [-0.2, 0) is 6.54 Å². The van der Waals surface area contributed by atoms with Gasteiger partial charge in [-0.3, -0.25) is 20.0 Å². The molecular formula is C34H35FN8. The molecule has 1 aliphatic rings. The first kappa shape index (κ1) is 27.2. The Morgan fingerprint density at radius 2 is 1.74 bits per heavy atom. The zero-order valence-corrected chi connectivity index (χ0v) is 24.5. The number of halogens is 1. The number of hydrogen-bond donors (Lipinski definition) is 3. The fourth-order valence-corrected chi connectivity index (χ4v) is 5.99. The lowest BCUT2D eigenvalue weighted by Crippen LogP contribution is -2.20. The van der Waals surface area contributed by atoms with Crippen molar-refractivity contribution >= 4 is 27.5 Å². The van der Waals surface area contributed by atoms with Crippen LogP contribution in [0.5, 0.6) is 0 Å². The maximum atomic E-state index is 14.7. The van der Waals surface area contributed by atoms with Crippen LogP contribution in [0, 0.1) is 5.82 Å². The van der Waals surface area contributed by atoms with E-state index in [0.717, 1.165) is 94.0 Å². The molecule has 0 radical (unpaired) electrons. The zero-order chi connectivity index (χ0) is 29.3. The minimum atomic E-state index is -0.302. The Bertz CT molecular complexity index is 1900. The average molecular weight is 575 g/mol. The Morgan fingerprint density at radius 3 is 2.60 bits per heavy atom. The van der Waals surface area contributed by atoms with Crippen molar-refractivity contribution in [1.82, 2.24) is 34.9 Å². The molecule has 6 aromatic rings. The van der Waals surface area contributed by atoms with Crippen molar-refractivity contribution < 1.29 is 4.39 Å². The molecule has 5 heterocycles. The van der Waals surface area contributed by atoms with Crippen molar-refractivity contribution in [3.8, 4) is 33.8 Å². The molecule has 0 amide bonds. The number of rotatable bonds is 9. The van der Waals surface area contributed by atoms with Gasteiger partial charge in [0.25, 0.3) is 0 Å². The van der Waals surface area contributed by atoms with Gasteiger partial charge in [0.2, 0.25) is 0 Å². The van der Waals surface area contributed by atoms with Gasteiger partial charge in [-0.15, -0.1) is 0 Å². The Balaban J connectivity index is 1.22. The van der Waals surface area contributed by atoms with Crippen LogP contribution in [-0.4, -0.2) is 75.2 Å². The van der Waals surface area contributed by atoms with E-state index in [4.69, 9.17) is 0 Å². The number of aromatic amines is 2. The molecule has 4 aromatic heterocycles. The number of anilines is 1. The number of benzene rings is 2. The lowest BCUT2D eigenvalue weighted by molar-refractivity contribution is 0.331. The number of hydrogen-bond acceptors (Lipinski definition) is 6. The molecule has 0 bridgehead atoms. The van der Waals surface area contributed by atoms with Crippen LogP contribution in [0.1, 0.15) is 18.4 Å². The summed E-state index contributed by atoms with van der Waals surface area (Å²) in [5.74, 6) is -0.302. The highest BCUT2D eigenvalue weighted by Crippen LogP contribution is 2.35. The summed E-state index contributed by atoms with van der Waals surface area (Å²) < 4.78 is 14.7. The highest BCUT2D eigenvalue weighted by atomic mass is 19.1. The Hall–Kier alpha value is -4.60. The maximum Gasteiger partial charge on any atom is 0.125 e. The lowest BCUT2D eigenvalue weighted by Gasteiger charge is -2.14. The number of likely N-dealkylation sites (tertiary alicyclic amines) is 1. The summed E-state index contributed by atoms with van der Waals surface area (Å²) in [6.07, 6.45) is 8.20. The van der Waals surface area contributed by atoms with Gasteiger partial charge in [0.05, 0.1) is 16.9 Å². The van der Waals surface area contributed by atoms with E-state index in [9.17, 15) is 4.39 Å². The van der Waals surface area contributed by atoms with Gasteiger partial charge in [0.15, 0.2) is 0 Å². The Kier molecular flexibility index (Phi) is 7.34. The van der Waals surface area contributed by atoms with E-state index in [1.807, 2.05) is 38.6 Å².